The summed E-state index contributed by atoms with van der Waals surface area (Å²) in [5.74, 6) is 1.25. The standard InChI is InChI=1S/C17H22N2O/c1-11(2)8-9-15-13(4)18-16(19-17(15)20)14-7-5-6-12(3)10-14/h5-7,10-11H,8-9H2,1-4H3,(H,18,19,20). The molecule has 3 heteroatoms. The van der Waals surface area contributed by atoms with Gasteiger partial charge in [0, 0.05) is 16.8 Å². The summed E-state index contributed by atoms with van der Waals surface area (Å²) in [6.45, 7) is 8.28. The lowest BCUT2D eigenvalue weighted by Gasteiger charge is -2.09. The molecule has 0 bridgehead atoms. The Hall–Kier alpha value is -1.90. The first-order valence-electron chi connectivity index (χ1n) is 7.14. The highest BCUT2D eigenvalue weighted by Crippen LogP contribution is 2.16. The Labute approximate surface area is 120 Å². The van der Waals surface area contributed by atoms with Gasteiger partial charge in [-0.1, -0.05) is 37.6 Å². The van der Waals surface area contributed by atoms with E-state index in [4.69, 9.17) is 0 Å². The average molecular weight is 270 g/mol. The minimum Gasteiger partial charge on any atom is -0.306 e. The zero-order valence-electron chi connectivity index (χ0n) is 12.7. The lowest BCUT2D eigenvalue weighted by Crippen LogP contribution is -2.18. The summed E-state index contributed by atoms with van der Waals surface area (Å²) in [7, 11) is 0. The maximum absolute atomic E-state index is 12.2. The molecule has 1 aromatic heterocycles. The Balaban J connectivity index is 2.37. The van der Waals surface area contributed by atoms with Crippen molar-refractivity contribution in [3.05, 3.63) is 51.4 Å². The molecule has 2 rings (SSSR count). The van der Waals surface area contributed by atoms with Gasteiger partial charge in [-0.3, -0.25) is 4.79 Å². The van der Waals surface area contributed by atoms with Crippen LogP contribution in [0.25, 0.3) is 11.4 Å². The highest BCUT2D eigenvalue weighted by Gasteiger charge is 2.10. The first-order valence-corrected chi connectivity index (χ1v) is 7.14. The average Bonchev–Trinajstić information content (AvgIpc) is 2.37. The molecule has 1 heterocycles. The van der Waals surface area contributed by atoms with Crippen LogP contribution >= 0.6 is 0 Å². The number of rotatable bonds is 4. The molecule has 0 radical (unpaired) electrons. The minimum absolute atomic E-state index is 0.00495. The molecule has 0 aliphatic rings. The molecule has 20 heavy (non-hydrogen) atoms. The fourth-order valence-corrected chi connectivity index (χ4v) is 2.27. The van der Waals surface area contributed by atoms with Crippen LogP contribution in [0.3, 0.4) is 0 Å². The van der Waals surface area contributed by atoms with Crippen LogP contribution in [-0.2, 0) is 6.42 Å². The quantitative estimate of drug-likeness (QED) is 0.922. The number of aromatic amines is 1. The molecule has 0 atom stereocenters. The molecule has 1 N–H and O–H groups in total. The SMILES string of the molecule is Cc1cccc(-c2nc(C)c(CCC(C)C)c(=O)[nH]2)c1. The summed E-state index contributed by atoms with van der Waals surface area (Å²) in [5, 5.41) is 0. The van der Waals surface area contributed by atoms with Gasteiger partial charge < -0.3 is 4.98 Å². The second kappa shape index (κ2) is 6.04. The van der Waals surface area contributed by atoms with E-state index < -0.39 is 0 Å². The Morgan fingerprint density at radius 3 is 2.60 bits per heavy atom. The van der Waals surface area contributed by atoms with Crippen molar-refractivity contribution in [2.24, 2.45) is 5.92 Å². The Morgan fingerprint density at radius 1 is 1.25 bits per heavy atom. The van der Waals surface area contributed by atoms with Crippen molar-refractivity contribution in [3.8, 4) is 11.4 Å². The van der Waals surface area contributed by atoms with Crippen LogP contribution in [0.4, 0.5) is 0 Å². The molecule has 106 valence electrons. The third kappa shape index (κ3) is 3.35. The van der Waals surface area contributed by atoms with E-state index in [0.29, 0.717) is 11.7 Å². The van der Waals surface area contributed by atoms with Crippen LogP contribution in [-0.4, -0.2) is 9.97 Å². The van der Waals surface area contributed by atoms with Crippen molar-refractivity contribution < 1.29 is 0 Å². The van der Waals surface area contributed by atoms with Gasteiger partial charge >= 0.3 is 0 Å². The van der Waals surface area contributed by atoms with Gasteiger partial charge in [0.05, 0.1) is 0 Å². The van der Waals surface area contributed by atoms with E-state index >= 15 is 0 Å². The summed E-state index contributed by atoms with van der Waals surface area (Å²) in [4.78, 5) is 19.7. The highest BCUT2D eigenvalue weighted by molar-refractivity contribution is 5.56. The van der Waals surface area contributed by atoms with Gasteiger partial charge in [-0.2, -0.15) is 0 Å². The van der Waals surface area contributed by atoms with Crippen molar-refractivity contribution in [2.45, 2.75) is 40.5 Å². The molecule has 0 saturated carbocycles. The predicted octanol–water partition coefficient (Wildman–Crippen LogP) is 3.64. The molecule has 0 amide bonds. The molecule has 0 aliphatic heterocycles. The molecular formula is C17H22N2O. The van der Waals surface area contributed by atoms with Gasteiger partial charge in [-0.25, -0.2) is 4.98 Å². The van der Waals surface area contributed by atoms with Gasteiger partial charge in [0.1, 0.15) is 5.82 Å². The lowest BCUT2D eigenvalue weighted by atomic mass is 10.0. The topological polar surface area (TPSA) is 45.8 Å². The van der Waals surface area contributed by atoms with E-state index in [2.05, 4.69) is 23.8 Å². The second-order valence-corrected chi connectivity index (χ2v) is 5.78. The fraction of sp³-hybridized carbons (Fsp3) is 0.412. The third-order valence-electron chi connectivity index (χ3n) is 3.49. The largest absolute Gasteiger partial charge is 0.306 e. The summed E-state index contributed by atoms with van der Waals surface area (Å²) < 4.78 is 0. The first-order chi connectivity index (χ1) is 9.47. The van der Waals surface area contributed by atoms with E-state index in [1.165, 1.54) is 0 Å². The van der Waals surface area contributed by atoms with Gasteiger partial charge in [-0.15, -0.1) is 0 Å². The molecule has 0 aliphatic carbocycles. The molecule has 3 nitrogen and oxygen atoms in total. The predicted molar refractivity (Wildman–Crippen MR) is 82.9 cm³/mol. The summed E-state index contributed by atoms with van der Waals surface area (Å²) in [6, 6.07) is 8.02. The zero-order valence-corrected chi connectivity index (χ0v) is 12.7. The summed E-state index contributed by atoms with van der Waals surface area (Å²) in [5.41, 5.74) is 3.77. The molecule has 0 spiro atoms. The molecule has 2 aromatic rings. The van der Waals surface area contributed by atoms with E-state index in [-0.39, 0.29) is 5.56 Å². The lowest BCUT2D eigenvalue weighted by molar-refractivity contribution is 0.582. The van der Waals surface area contributed by atoms with Crippen LogP contribution in [0.2, 0.25) is 0 Å². The highest BCUT2D eigenvalue weighted by atomic mass is 16.1. The maximum atomic E-state index is 12.2. The van der Waals surface area contributed by atoms with Crippen molar-refractivity contribution in [3.63, 3.8) is 0 Å². The number of aryl methyl sites for hydroxylation is 2. The Bertz CT molecular complexity index is 656. The first kappa shape index (κ1) is 14.5. The fourth-order valence-electron chi connectivity index (χ4n) is 2.27. The monoisotopic (exact) mass is 270 g/mol. The van der Waals surface area contributed by atoms with E-state index in [9.17, 15) is 4.79 Å². The molecule has 1 aromatic carbocycles. The number of hydrogen-bond acceptors (Lipinski definition) is 2. The van der Waals surface area contributed by atoms with Gasteiger partial charge in [-0.05, 0) is 38.7 Å². The van der Waals surface area contributed by atoms with Crippen LogP contribution < -0.4 is 5.56 Å². The normalized spacial score (nSPS) is 11.1. The van der Waals surface area contributed by atoms with E-state index in [1.807, 2.05) is 38.1 Å². The van der Waals surface area contributed by atoms with Gasteiger partial charge in [0.25, 0.3) is 5.56 Å². The molecule has 0 fully saturated rings. The smallest absolute Gasteiger partial charge is 0.254 e. The Morgan fingerprint density at radius 2 is 2.00 bits per heavy atom. The number of aromatic nitrogens is 2. The minimum atomic E-state index is -0.00495. The third-order valence-corrected chi connectivity index (χ3v) is 3.49. The Kier molecular flexibility index (Phi) is 4.38. The van der Waals surface area contributed by atoms with Crippen LogP contribution in [0.5, 0.6) is 0 Å². The number of H-pyrrole nitrogens is 1. The van der Waals surface area contributed by atoms with Crippen LogP contribution in [0.15, 0.2) is 29.1 Å². The van der Waals surface area contributed by atoms with Crippen LogP contribution in [0.1, 0.15) is 37.1 Å². The number of benzene rings is 1. The summed E-state index contributed by atoms with van der Waals surface area (Å²) >= 11 is 0. The molecule has 0 saturated heterocycles. The number of hydrogen-bond donors (Lipinski definition) is 1. The second-order valence-electron chi connectivity index (χ2n) is 5.78. The van der Waals surface area contributed by atoms with Crippen molar-refractivity contribution in [2.75, 3.05) is 0 Å². The van der Waals surface area contributed by atoms with Crippen molar-refractivity contribution in [1.29, 1.82) is 0 Å². The van der Waals surface area contributed by atoms with Crippen LogP contribution in [0, 0.1) is 19.8 Å². The molecular weight excluding hydrogens is 248 g/mol. The molecule has 0 unspecified atom stereocenters. The number of nitrogens with zero attached hydrogens (tertiary/aromatic N) is 1. The number of nitrogens with one attached hydrogen (secondary N) is 1. The summed E-state index contributed by atoms with van der Waals surface area (Å²) in [6.07, 6.45) is 1.80. The zero-order chi connectivity index (χ0) is 14.7. The maximum Gasteiger partial charge on any atom is 0.254 e. The van der Waals surface area contributed by atoms with Crippen molar-refractivity contribution >= 4 is 0 Å². The van der Waals surface area contributed by atoms with Crippen molar-refractivity contribution in [1.82, 2.24) is 9.97 Å². The van der Waals surface area contributed by atoms with E-state index in [0.717, 1.165) is 35.2 Å². The van der Waals surface area contributed by atoms with Gasteiger partial charge in [0.15, 0.2) is 0 Å². The van der Waals surface area contributed by atoms with Gasteiger partial charge in [0.2, 0.25) is 0 Å². The van der Waals surface area contributed by atoms with E-state index in [1.54, 1.807) is 0 Å².